The molecule has 4 nitrogen and oxygen atoms in total. The molecule has 26 heavy (non-hydrogen) atoms. The fraction of sp³-hybridized carbons (Fsp3) is 0.650. The number of urea groups is 1. The van der Waals surface area contributed by atoms with Crippen molar-refractivity contribution in [3.8, 4) is 0 Å². The summed E-state index contributed by atoms with van der Waals surface area (Å²) in [6.45, 7) is 2.75. The smallest absolute Gasteiger partial charge is 0.299 e. The molecule has 0 saturated carbocycles. The van der Waals surface area contributed by atoms with Gasteiger partial charge in [0, 0.05) is 31.1 Å². The molecule has 1 aliphatic heterocycles. The largest absolute Gasteiger partial charge is 0.415 e. The van der Waals surface area contributed by atoms with Gasteiger partial charge in [-0.05, 0) is 50.1 Å². The summed E-state index contributed by atoms with van der Waals surface area (Å²) >= 11 is 0. The normalized spacial score (nSPS) is 32.7. The Labute approximate surface area is 154 Å². The van der Waals surface area contributed by atoms with Crippen molar-refractivity contribution < 1.29 is 19.3 Å². The van der Waals surface area contributed by atoms with Crippen molar-refractivity contribution in [3.05, 3.63) is 35.6 Å². The number of hydrogen-bond acceptors (Lipinski definition) is 2. The minimum absolute atomic E-state index is 0.00337. The number of rotatable bonds is 5. The van der Waals surface area contributed by atoms with Crippen LogP contribution in [0.3, 0.4) is 0 Å². The first-order chi connectivity index (χ1) is 12.5. The van der Waals surface area contributed by atoms with Crippen molar-refractivity contribution in [3.63, 3.8) is 0 Å². The minimum Gasteiger partial charge on any atom is -0.299 e. The summed E-state index contributed by atoms with van der Waals surface area (Å²) in [6, 6.07) is -0.270. The van der Waals surface area contributed by atoms with E-state index in [4.69, 9.17) is 0 Å². The zero-order valence-electron chi connectivity index (χ0n) is 15.3. The van der Waals surface area contributed by atoms with Crippen LogP contribution >= 0.6 is 0 Å². The van der Waals surface area contributed by atoms with Gasteiger partial charge in [-0.2, -0.15) is 0 Å². The van der Waals surface area contributed by atoms with Gasteiger partial charge in [0.25, 0.3) is 0 Å². The van der Waals surface area contributed by atoms with Gasteiger partial charge < -0.3 is 0 Å². The maximum atomic E-state index is 14.1. The predicted molar refractivity (Wildman–Crippen MR) is 97.6 cm³/mol. The van der Waals surface area contributed by atoms with E-state index in [9.17, 15) is 13.6 Å². The van der Waals surface area contributed by atoms with Gasteiger partial charge in [0.1, 0.15) is 12.3 Å². The third-order valence-electron chi connectivity index (χ3n) is 5.64. The van der Waals surface area contributed by atoms with Crippen LogP contribution in [0.2, 0.25) is 0 Å². The summed E-state index contributed by atoms with van der Waals surface area (Å²) in [7, 11) is 0. The molecule has 0 aromatic carbocycles. The van der Waals surface area contributed by atoms with E-state index in [-0.39, 0.29) is 18.4 Å². The Kier molecular flexibility index (Phi) is 6.59. The SMILES string of the molecule is [NH3+]C(=O)NC1=C(CN2CCCC(CC3C=CC(F)C[C@@H]3F)C2)C=CCC1. The molecule has 2 amide bonds. The maximum Gasteiger partial charge on any atom is 0.415 e. The molecule has 1 saturated heterocycles. The first kappa shape index (κ1) is 19.2. The molecule has 3 aliphatic rings. The molecule has 0 bridgehead atoms. The van der Waals surface area contributed by atoms with Crippen molar-refractivity contribution in [2.75, 3.05) is 19.6 Å². The van der Waals surface area contributed by atoms with E-state index in [0.717, 1.165) is 63.0 Å². The van der Waals surface area contributed by atoms with Crippen molar-refractivity contribution in [2.24, 2.45) is 11.8 Å². The highest BCUT2D eigenvalue weighted by molar-refractivity contribution is 5.65. The molecule has 6 heteroatoms. The Hall–Kier alpha value is -1.53. The first-order valence-electron chi connectivity index (χ1n) is 9.71. The zero-order chi connectivity index (χ0) is 18.5. The molecule has 1 heterocycles. The van der Waals surface area contributed by atoms with Crippen molar-refractivity contribution in [1.82, 2.24) is 10.2 Å². The summed E-state index contributed by atoms with van der Waals surface area (Å²) in [5, 5.41) is 2.87. The zero-order valence-corrected chi connectivity index (χ0v) is 15.3. The van der Waals surface area contributed by atoms with Crippen LogP contribution in [0.1, 0.15) is 38.5 Å². The number of nitrogens with one attached hydrogen (secondary N) is 1. The molecular formula is C20H30F2N3O+. The summed E-state index contributed by atoms with van der Waals surface area (Å²) in [5.41, 5.74) is 5.54. The highest BCUT2D eigenvalue weighted by Crippen LogP contribution is 2.32. The number of amides is 2. The second kappa shape index (κ2) is 8.91. The molecular weight excluding hydrogens is 336 g/mol. The van der Waals surface area contributed by atoms with Crippen molar-refractivity contribution in [2.45, 2.75) is 50.9 Å². The number of likely N-dealkylation sites (tertiary alicyclic amines) is 1. The highest BCUT2D eigenvalue weighted by Gasteiger charge is 2.30. The third-order valence-corrected chi connectivity index (χ3v) is 5.64. The Balaban J connectivity index is 1.58. The topological polar surface area (TPSA) is 60.0 Å². The molecule has 0 aromatic rings. The molecule has 0 radical (unpaired) electrons. The minimum atomic E-state index is -1.13. The maximum absolute atomic E-state index is 14.1. The van der Waals surface area contributed by atoms with Crippen LogP contribution in [0.5, 0.6) is 0 Å². The molecule has 4 atom stereocenters. The van der Waals surface area contributed by atoms with E-state index in [1.165, 1.54) is 6.08 Å². The van der Waals surface area contributed by atoms with Gasteiger partial charge in [0.05, 0.1) is 0 Å². The van der Waals surface area contributed by atoms with E-state index in [2.05, 4.69) is 28.1 Å². The Morgan fingerprint density at radius 3 is 2.96 bits per heavy atom. The lowest BCUT2D eigenvalue weighted by Gasteiger charge is -2.36. The Bertz CT molecular complexity index is 602. The van der Waals surface area contributed by atoms with Gasteiger partial charge in [-0.1, -0.05) is 24.3 Å². The molecule has 3 rings (SSSR count). The molecule has 0 aromatic heterocycles. The van der Waals surface area contributed by atoms with E-state index < -0.39 is 12.3 Å². The lowest BCUT2D eigenvalue weighted by molar-refractivity contribution is -0.249. The van der Waals surface area contributed by atoms with Gasteiger partial charge in [-0.15, -0.1) is 0 Å². The summed E-state index contributed by atoms with van der Waals surface area (Å²) in [5.74, 6) is 0.286. The van der Waals surface area contributed by atoms with Crippen LogP contribution in [0.25, 0.3) is 0 Å². The van der Waals surface area contributed by atoms with Crippen LogP contribution in [0.15, 0.2) is 35.6 Å². The number of nitrogens with zero attached hydrogens (tertiary/aromatic N) is 1. The number of alkyl halides is 2. The van der Waals surface area contributed by atoms with Gasteiger partial charge in [0.15, 0.2) is 0 Å². The summed E-state index contributed by atoms with van der Waals surface area (Å²) in [4.78, 5) is 13.7. The number of quaternary nitrogens is 1. The third kappa shape index (κ3) is 5.24. The molecule has 1 fully saturated rings. The van der Waals surface area contributed by atoms with E-state index in [0.29, 0.717) is 5.92 Å². The Morgan fingerprint density at radius 1 is 1.35 bits per heavy atom. The average molecular weight is 366 g/mol. The summed E-state index contributed by atoms with van der Waals surface area (Å²) < 4.78 is 27.4. The van der Waals surface area contributed by atoms with Gasteiger partial charge in [-0.3, -0.25) is 16.0 Å². The molecule has 3 unspecified atom stereocenters. The standard InChI is InChI=1S/C20H29F2N3O/c21-17-8-7-15(18(22)11-17)10-14-4-3-9-25(12-14)13-16-5-1-2-6-19(16)24-20(23)26/h1,5,7-8,14-15,17-18H,2-4,6,9-13H2,(H3,23,24,26)/p+1/t14?,15?,17?,18-/m0/s1. The monoisotopic (exact) mass is 366 g/mol. The molecule has 144 valence electrons. The van der Waals surface area contributed by atoms with Crippen molar-refractivity contribution in [1.29, 1.82) is 0 Å². The van der Waals surface area contributed by atoms with Crippen LogP contribution in [0.4, 0.5) is 13.6 Å². The fourth-order valence-corrected chi connectivity index (χ4v) is 4.37. The number of allylic oxidation sites excluding steroid dienone is 4. The number of piperidine rings is 1. The number of carbonyl (C=O) groups excluding carboxylic acids is 1. The van der Waals surface area contributed by atoms with E-state index >= 15 is 0 Å². The van der Waals surface area contributed by atoms with Gasteiger partial charge in [0.2, 0.25) is 0 Å². The molecule has 4 N–H and O–H groups in total. The first-order valence-corrected chi connectivity index (χ1v) is 9.71. The van der Waals surface area contributed by atoms with E-state index in [1.54, 1.807) is 6.08 Å². The van der Waals surface area contributed by atoms with Crippen LogP contribution in [0, 0.1) is 11.8 Å². The second-order valence-electron chi connectivity index (χ2n) is 7.79. The van der Waals surface area contributed by atoms with Crippen LogP contribution in [-0.4, -0.2) is 42.9 Å². The predicted octanol–water partition coefficient (Wildman–Crippen LogP) is 2.90. The fourth-order valence-electron chi connectivity index (χ4n) is 4.37. The molecule has 2 aliphatic carbocycles. The number of hydrogen-bond donors (Lipinski definition) is 2. The summed E-state index contributed by atoms with van der Waals surface area (Å²) in [6.07, 6.45) is 10.1. The quantitative estimate of drug-likeness (QED) is 0.735. The van der Waals surface area contributed by atoms with Crippen LogP contribution in [-0.2, 0) is 0 Å². The van der Waals surface area contributed by atoms with Crippen LogP contribution < -0.4 is 11.1 Å². The van der Waals surface area contributed by atoms with Gasteiger partial charge in [-0.25, -0.2) is 13.6 Å². The highest BCUT2D eigenvalue weighted by atomic mass is 19.1. The van der Waals surface area contributed by atoms with Crippen molar-refractivity contribution >= 4 is 6.03 Å². The lowest BCUT2D eigenvalue weighted by Crippen LogP contribution is -2.62. The number of carbonyl (C=O) groups is 1. The second-order valence-corrected chi connectivity index (χ2v) is 7.79. The molecule has 0 spiro atoms. The lowest BCUT2D eigenvalue weighted by atomic mass is 9.82. The van der Waals surface area contributed by atoms with E-state index in [1.807, 2.05) is 0 Å². The van der Waals surface area contributed by atoms with Gasteiger partial charge >= 0.3 is 6.03 Å². The Morgan fingerprint density at radius 2 is 2.19 bits per heavy atom. The number of halogens is 2. The average Bonchev–Trinajstić information content (AvgIpc) is 2.59.